The Bertz CT molecular complexity index is 659. The molecule has 2 aromatic heterocycles. The minimum atomic E-state index is 0.00729. The number of imidazole rings is 1. The van der Waals surface area contributed by atoms with E-state index >= 15 is 0 Å². The van der Waals surface area contributed by atoms with Crippen LogP contribution < -0.4 is 0 Å². The molecule has 90 valence electrons. The van der Waals surface area contributed by atoms with Gasteiger partial charge < -0.3 is 9.51 Å². The summed E-state index contributed by atoms with van der Waals surface area (Å²) in [6.45, 7) is 0.00729. The highest BCUT2D eigenvalue weighted by Crippen LogP contribution is 2.16. The Labute approximate surface area is 105 Å². The molecular formula is C15H14N2O. The van der Waals surface area contributed by atoms with Crippen molar-refractivity contribution in [2.24, 2.45) is 0 Å². The second-order valence-corrected chi connectivity index (χ2v) is 4.25. The molecule has 2 heterocycles. The third-order valence-corrected chi connectivity index (χ3v) is 3.08. The topological polar surface area (TPSA) is 37.5 Å². The van der Waals surface area contributed by atoms with E-state index in [4.69, 9.17) is 0 Å². The molecule has 3 aromatic rings. The number of pyridine rings is 1. The molecule has 3 rings (SSSR count). The Morgan fingerprint density at radius 2 is 1.78 bits per heavy atom. The third-order valence-electron chi connectivity index (χ3n) is 3.08. The van der Waals surface area contributed by atoms with E-state index < -0.39 is 0 Å². The minimum Gasteiger partial charge on any atom is -0.390 e. The first-order valence-electron chi connectivity index (χ1n) is 5.98. The minimum absolute atomic E-state index is 0.00729. The first-order valence-corrected chi connectivity index (χ1v) is 5.98. The number of hydrogen-bond donors (Lipinski definition) is 1. The van der Waals surface area contributed by atoms with Gasteiger partial charge in [-0.3, -0.25) is 0 Å². The SMILES string of the molecule is OCc1c(Cc2ccccc2)nc2ccccn12. The fourth-order valence-electron chi connectivity index (χ4n) is 2.19. The Morgan fingerprint density at radius 1 is 1.00 bits per heavy atom. The van der Waals surface area contributed by atoms with Gasteiger partial charge in [-0.05, 0) is 17.7 Å². The van der Waals surface area contributed by atoms with Gasteiger partial charge in [0.25, 0.3) is 0 Å². The lowest BCUT2D eigenvalue weighted by atomic mass is 10.1. The van der Waals surface area contributed by atoms with Gasteiger partial charge in [-0.1, -0.05) is 36.4 Å². The molecule has 0 spiro atoms. The van der Waals surface area contributed by atoms with Crippen molar-refractivity contribution >= 4 is 5.65 Å². The first kappa shape index (κ1) is 11.0. The number of aliphatic hydroxyl groups is 1. The van der Waals surface area contributed by atoms with E-state index in [0.717, 1.165) is 23.5 Å². The van der Waals surface area contributed by atoms with Crippen molar-refractivity contribution in [3.8, 4) is 0 Å². The highest BCUT2D eigenvalue weighted by atomic mass is 16.3. The van der Waals surface area contributed by atoms with E-state index in [1.165, 1.54) is 5.56 Å². The highest BCUT2D eigenvalue weighted by Gasteiger charge is 2.10. The average Bonchev–Trinajstić information content (AvgIpc) is 2.77. The molecule has 3 nitrogen and oxygen atoms in total. The summed E-state index contributed by atoms with van der Waals surface area (Å²) in [6.07, 6.45) is 2.68. The number of benzene rings is 1. The zero-order chi connectivity index (χ0) is 12.4. The molecule has 0 amide bonds. The van der Waals surface area contributed by atoms with E-state index in [2.05, 4.69) is 17.1 Å². The summed E-state index contributed by atoms with van der Waals surface area (Å²) in [4.78, 5) is 4.58. The molecule has 1 N–H and O–H groups in total. The molecule has 0 aliphatic carbocycles. The molecule has 18 heavy (non-hydrogen) atoms. The third kappa shape index (κ3) is 1.89. The van der Waals surface area contributed by atoms with Crippen molar-refractivity contribution in [2.45, 2.75) is 13.0 Å². The van der Waals surface area contributed by atoms with Crippen LogP contribution in [0.25, 0.3) is 5.65 Å². The Hall–Kier alpha value is -2.13. The Morgan fingerprint density at radius 3 is 2.56 bits per heavy atom. The quantitative estimate of drug-likeness (QED) is 0.761. The Kier molecular flexibility index (Phi) is 2.82. The molecule has 0 saturated carbocycles. The van der Waals surface area contributed by atoms with Gasteiger partial charge in [-0.2, -0.15) is 0 Å². The first-order chi connectivity index (χ1) is 8.88. The second kappa shape index (κ2) is 4.63. The molecule has 0 saturated heterocycles. The molecule has 0 atom stereocenters. The van der Waals surface area contributed by atoms with Crippen LogP contribution in [-0.2, 0) is 13.0 Å². The summed E-state index contributed by atoms with van der Waals surface area (Å²) >= 11 is 0. The van der Waals surface area contributed by atoms with E-state index in [1.54, 1.807) is 0 Å². The van der Waals surface area contributed by atoms with Crippen LogP contribution >= 0.6 is 0 Å². The molecular weight excluding hydrogens is 224 g/mol. The number of aromatic nitrogens is 2. The maximum atomic E-state index is 9.52. The maximum absolute atomic E-state index is 9.52. The van der Waals surface area contributed by atoms with Gasteiger partial charge in [0.05, 0.1) is 18.0 Å². The molecule has 0 radical (unpaired) electrons. The lowest BCUT2D eigenvalue weighted by molar-refractivity contribution is 0.274. The van der Waals surface area contributed by atoms with Crippen molar-refractivity contribution in [1.82, 2.24) is 9.38 Å². The summed E-state index contributed by atoms with van der Waals surface area (Å²) in [7, 11) is 0. The van der Waals surface area contributed by atoms with Gasteiger partial charge >= 0.3 is 0 Å². The van der Waals surface area contributed by atoms with E-state index in [-0.39, 0.29) is 6.61 Å². The summed E-state index contributed by atoms with van der Waals surface area (Å²) < 4.78 is 1.94. The highest BCUT2D eigenvalue weighted by molar-refractivity contribution is 5.44. The monoisotopic (exact) mass is 238 g/mol. The number of fused-ring (bicyclic) bond motifs is 1. The average molecular weight is 238 g/mol. The molecule has 3 heteroatoms. The van der Waals surface area contributed by atoms with Crippen molar-refractivity contribution in [3.05, 3.63) is 71.7 Å². The summed E-state index contributed by atoms with van der Waals surface area (Å²) in [5.41, 5.74) is 3.90. The van der Waals surface area contributed by atoms with Crippen LogP contribution in [0.15, 0.2) is 54.7 Å². The number of rotatable bonds is 3. The van der Waals surface area contributed by atoms with E-state index in [0.29, 0.717) is 0 Å². The molecule has 0 fully saturated rings. The number of hydrogen-bond acceptors (Lipinski definition) is 2. The van der Waals surface area contributed by atoms with Gasteiger partial charge in [-0.25, -0.2) is 4.98 Å². The van der Waals surface area contributed by atoms with Crippen LogP contribution in [0, 0.1) is 0 Å². The van der Waals surface area contributed by atoms with E-state index in [1.807, 2.05) is 47.0 Å². The van der Waals surface area contributed by atoms with Crippen molar-refractivity contribution in [2.75, 3.05) is 0 Å². The normalized spacial score (nSPS) is 10.9. The lowest BCUT2D eigenvalue weighted by Gasteiger charge is -2.01. The summed E-state index contributed by atoms with van der Waals surface area (Å²) in [5.74, 6) is 0. The van der Waals surface area contributed by atoms with Crippen LogP contribution in [0.4, 0.5) is 0 Å². The second-order valence-electron chi connectivity index (χ2n) is 4.25. The van der Waals surface area contributed by atoms with Crippen molar-refractivity contribution < 1.29 is 5.11 Å². The predicted molar refractivity (Wildman–Crippen MR) is 70.4 cm³/mol. The van der Waals surface area contributed by atoms with Crippen molar-refractivity contribution in [3.63, 3.8) is 0 Å². The number of aliphatic hydroxyl groups excluding tert-OH is 1. The molecule has 0 aliphatic rings. The van der Waals surface area contributed by atoms with E-state index in [9.17, 15) is 5.11 Å². The summed E-state index contributed by atoms with van der Waals surface area (Å²) in [6, 6.07) is 16.0. The van der Waals surface area contributed by atoms with Crippen LogP contribution in [0.1, 0.15) is 17.0 Å². The predicted octanol–water partition coefficient (Wildman–Crippen LogP) is 2.42. The standard InChI is InChI=1S/C15H14N2O/c18-11-14-13(10-12-6-2-1-3-7-12)16-15-8-4-5-9-17(14)15/h1-9,18H,10-11H2. The fraction of sp³-hybridized carbons (Fsp3) is 0.133. The van der Waals surface area contributed by atoms with Gasteiger partial charge in [0.15, 0.2) is 0 Å². The van der Waals surface area contributed by atoms with Gasteiger partial charge in [0, 0.05) is 12.6 Å². The van der Waals surface area contributed by atoms with Crippen LogP contribution in [0.5, 0.6) is 0 Å². The molecule has 1 aromatic carbocycles. The van der Waals surface area contributed by atoms with Crippen LogP contribution in [0.2, 0.25) is 0 Å². The molecule has 0 aliphatic heterocycles. The number of nitrogens with zero attached hydrogens (tertiary/aromatic N) is 2. The van der Waals surface area contributed by atoms with Gasteiger partial charge in [0.2, 0.25) is 0 Å². The van der Waals surface area contributed by atoms with Crippen LogP contribution in [0.3, 0.4) is 0 Å². The zero-order valence-corrected chi connectivity index (χ0v) is 9.95. The van der Waals surface area contributed by atoms with Gasteiger partial charge in [0.1, 0.15) is 5.65 Å². The summed E-state index contributed by atoms with van der Waals surface area (Å²) in [5, 5.41) is 9.52. The van der Waals surface area contributed by atoms with Gasteiger partial charge in [-0.15, -0.1) is 0 Å². The Balaban J connectivity index is 2.06. The maximum Gasteiger partial charge on any atom is 0.137 e. The largest absolute Gasteiger partial charge is 0.390 e. The smallest absolute Gasteiger partial charge is 0.137 e. The van der Waals surface area contributed by atoms with Crippen molar-refractivity contribution in [1.29, 1.82) is 0 Å². The fourth-order valence-corrected chi connectivity index (χ4v) is 2.19. The van der Waals surface area contributed by atoms with Crippen LogP contribution in [-0.4, -0.2) is 14.5 Å². The molecule has 0 bridgehead atoms. The molecule has 0 unspecified atom stereocenters. The zero-order valence-electron chi connectivity index (χ0n) is 9.95. The lowest BCUT2D eigenvalue weighted by Crippen LogP contribution is -1.97.